The van der Waals surface area contributed by atoms with E-state index in [4.69, 9.17) is 9.26 Å². The third kappa shape index (κ3) is 4.15. The lowest BCUT2D eigenvalue weighted by atomic mass is 10.1. The third-order valence-electron chi connectivity index (χ3n) is 4.06. The van der Waals surface area contributed by atoms with Crippen molar-refractivity contribution in [3.8, 4) is 0 Å². The second kappa shape index (κ2) is 7.51. The van der Waals surface area contributed by atoms with Gasteiger partial charge in [-0.1, -0.05) is 42.4 Å². The average Bonchev–Trinajstić information content (AvgIpc) is 3.20. The van der Waals surface area contributed by atoms with Gasteiger partial charge in [0.05, 0.1) is 13.2 Å². The Labute approximate surface area is 131 Å². The number of hydrogen-bond acceptors (Lipinski definition) is 5. The molecule has 1 aromatic carbocycles. The standard InChI is InChI=1S/C17H23N3O2/c1-2-20(11-15-8-9-21-13-15)12-17-18-16(19-22-17)10-14-6-4-3-5-7-14/h3-7,15H,2,8-13H2,1H3/t15-/m1/s1. The van der Waals surface area contributed by atoms with Gasteiger partial charge in [-0.25, -0.2) is 0 Å². The summed E-state index contributed by atoms with van der Waals surface area (Å²) in [5.41, 5.74) is 1.20. The normalized spacial score (nSPS) is 18.2. The van der Waals surface area contributed by atoms with E-state index in [0.717, 1.165) is 45.1 Å². The lowest BCUT2D eigenvalue weighted by molar-refractivity contribution is 0.160. The van der Waals surface area contributed by atoms with Gasteiger partial charge in [0.1, 0.15) is 0 Å². The van der Waals surface area contributed by atoms with Gasteiger partial charge in [0.25, 0.3) is 0 Å². The molecule has 1 saturated heterocycles. The first-order valence-electron chi connectivity index (χ1n) is 7.99. The third-order valence-corrected chi connectivity index (χ3v) is 4.06. The molecular formula is C17H23N3O2. The highest BCUT2D eigenvalue weighted by atomic mass is 16.5. The zero-order valence-electron chi connectivity index (χ0n) is 13.1. The van der Waals surface area contributed by atoms with Crippen molar-refractivity contribution < 1.29 is 9.26 Å². The van der Waals surface area contributed by atoms with E-state index in [2.05, 4.69) is 34.1 Å². The summed E-state index contributed by atoms with van der Waals surface area (Å²) < 4.78 is 10.8. The summed E-state index contributed by atoms with van der Waals surface area (Å²) in [6, 6.07) is 10.2. The van der Waals surface area contributed by atoms with Gasteiger partial charge in [0.15, 0.2) is 5.82 Å². The van der Waals surface area contributed by atoms with Gasteiger partial charge in [0.2, 0.25) is 5.89 Å². The smallest absolute Gasteiger partial charge is 0.240 e. The van der Waals surface area contributed by atoms with Crippen LogP contribution in [0.15, 0.2) is 34.9 Å². The SMILES string of the molecule is CCN(Cc1nc(Cc2ccccc2)no1)C[C@H]1CCOC1. The largest absolute Gasteiger partial charge is 0.381 e. The van der Waals surface area contributed by atoms with E-state index in [0.29, 0.717) is 18.2 Å². The van der Waals surface area contributed by atoms with Crippen LogP contribution in [-0.2, 0) is 17.7 Å². The topological polar surface area (TPSA) is 51.4 Å². The van der Waals surface area contributed by atoms with E-state index in [1.54, 1.807) is 0 Å². The number of nitrogens with zero attached hydrogens (tertiary/aromatic N) is 3. The van der Waals surface area contributed by atoms with Crippen molar-refractivity contribution >= 4 is 0 Å². The van der Waals surface area contributed by atoms with Crippen LogP contribution in [0, 0.1) is 5.92 Å². The number of aromatic nitrogens is 2. The van der Waals surface area contributed by atoms with Crippen molar-refractivity contribution in [3.63, 3.8) is 0 Å². The Balaban J connectivity index is 1.55. The first-order valence-corrected chi connectivity index (χ1v) is 7.99. The summed E-state index contributed by atoms with van der Waals surface area (Å²) in [5, 5.41) is 4.09. The maximum absolute atomic E-state index is 5.45. The maximum Gasteiger partial charge on any atom is 0.240 e. The lowest BCUT2D eigenvalue weighted by Crippen LogP contribution is -2.29. The molecule has 0 N–H and O–H groups in total. The molecule has 0 amide bonds. The minimum absolute atomic E-state index is 0.631. The van der Waals surface area contributed by atoms with Crippen molar-refractivity contribution in [3.05, 3.63) is 47.6 Å². The molecule has 0 radical (unpaired) electrons. The minimum atomic E-state index is 0.631. The van der Waals surface area contributed by atoms with Crippen molar-refractivity contribution in [2.75, 3.05) is 26.3 Å². The maximum atomic E-state index is 5.45. The van der Waals surface area contributed by atoms with Crippen LogP contribution in [0.3, 0.4) is 0 Å². The predicted octanol–water partition coefficient (Wildman–Crippen LogP) is 2.52. The summed E-state index contributed by atoms with van der Waals surface area (Å²) in [6.45, 7) is 6.66. The van der Waals surface area contributed by atoms with E-state index < -0.39 is 0 Å². The summed E-state index contributed by atoms with van der Waals surface area (Å²) in [6.07, 6.45) is 1.87. The van der Waals surface area contributed by atoms with Gasteiger partial charge in [-0.15, -0.1) is 0 Å². The molecular weight excluding hydrogens is 278 g/mol. The molecule has 0 saturated carbocycles. The van der Waals surface area contributed by atoms with E-state index in [1.807, 2.05) is 18.2 Å². The van der Waals surface area contributed by atoms with Gasteiger partial charge in [-0.2, -0.15) is 4.98 Å². The van der Waals surface area contributed by atoms with Gasteiger partial charge in [-0.3, -0.25) is 4.90 Å². The molecule has 118 valence electrons. The molecule has 1 aliphatic rings. The average molecular weight is 301 g/mol. The Morgan fingerprint density at radius 1 is 1.27 bits per heavy atom. The molecule has 5 nitrogen and oxygen atoms in total. The van der Waals surface area contributed by atoms with Gasteiger partial charge in [-0.05, 0) is 24.4 Å². The molecule has 5 heteroatoms. The minimum Gasteiger partial charge on any atom is -0.381 e. The fourth-order valence-electron chi connectivity index (χ4n) is 2.79. The van der Waals surface area contributed by atoms with Gasteiger partial charge in [0, 0.05) is 19.6 Å². The fourth-order valence-corrected chi connectivity index (χ4v) is 2.79. The van der Waals surface area contributed by atoms with Crippen LogP contribution in [0.2, 0.25) is 0 Å². The van der Waals surface area contributed by atoms with Crippen molar-refractivity contribution in [1.29, 1.82) is 0 Å². The van der Waals surface area contributed by atoms with Crippen LogP contribution < -0.4 is 0 Å². The van der Waals surface area contributed by atoms with Crippen molar-refractivity contribution in [2.45, 2.75) is 26.3 Å². The Morgan fingerprint density at radius 3 is 2.86 bits per heavy atom. The molecule has 0 bridgehead atoms. The number of hydrogen-bond donors (Lipinski definition) is 0. The second-order valence-electron chi connectivity index (χ2n) is 5.82. The highest BCUT2D eigenvalue weighted by Crippen LogP contribution is 2.15. The Morgan fingerprint density at radius 2 is 2.14 bits per heavy atom. The number of ether oxygens (including phenoxy) is 1. The van der Waals surface area contributed by atoms with Crippen LogP contribution in [0.5, 0.6) is 0 Å². The lowest BCUT2D eigenvalue weighted by Gasteiger charge is -2.21. The fraction of sp³-hybridized carbons (Fsp3) is 0.529. The highest BCUT2D eigenvalue weighted by molar-refractivity contribution is 5.18. The molecule has 3 rings (SSSR count). The molecule has 1 atom stereocenters. The van der Waals surface area contributed by atoms with Crippen LogP contribution in [-0.4, -0.2) is 41.3 Å². The highest BCUT2D eigenvalue weighted by Gasteiger charge is 2.20. The van der Waals surface area contributed by atoms with Crippen LogP contribution in [0.4, 0.5) is 0 Å². The van der Waals surface area contributed by atoms with E-state index in [1.165, 1.54) is 5.56 Å². The first-order chi connectivity index (χ1) is 10.8. The molecule has 0 unspecified atom stereocenters. The van der Waals surface area contributed by atoms with Crippen LogP contribution in [0.1, 0.15) is 30.6 Å². The zero-order chi connectivity index (χ0) is 15.2. The van der Waals surface area contributed by atoms with Crippen molar-refractivity contribution in [1.82, 2.24) is 15.0 Å². The summed E-state index contributed by atoms with van der Waals surface area (Å²) >= 11 is 0. The molecule has 1 aromatic heterocycles. The Kier molecular flexibility index (Phi) is 5.19. The Bertz CT molecular complexity index is 564. The molecule has 2 heterocycles. The predicted molar refractivity (Wildman–Crippen MR) is 83.4 cm³/mol. The first kappa shape index (κ1) is 15.2. The summed E-state index contributed by atoms with van der Waals surface area (Å²) in [7, 11) is 0. The molecule has 0 aliphatic carbocycles. The molecule has 1 fully saturated rings. The van der Waals surface area contributed by atoms with E-state index >= 15 is 0 Å². The summed E-state index contributed by atoms with van der Waals surface area (Å²) in [5.74, 6) is 2.08. The molecule has 0 spiro atoms. The van der Waals surface area contributed by atoms with Crippen molar-refractivity contribution in [2.24, 2.45) is 5.92 Å². The zero-order valence-corrected chi connectivity index (χ0v) is 13.1. The van der Waals surface area contributed by atoms with E-state index in [-0.39, 0.29) is 0 Å². The van der Waals surface area contributed by atoms with Crippen LogP contribution in [0.25, 0.3) is 0 Å². The van der Waals surface area contributed by atoms with Gasteiger partial charge >= 0.3 is 0 Å². The molecule has 1 aliphatic heterocycles. The summed E-state index contributed by atoms with van der Waals surface area (Å²) in [4.78, 5) is 6.86. The quantitative estimate of drug-likeness (QED) is 0.786. The number of rotatable bonds is 7. The van der Waals surface area contributed by atoms with E-state index in [9.17, 15) is 0 Å². The van der Waals surface area contributed by atoms with Crippen LogP contribution >= 0.6 is 0 Å². The number of benzene rings is 1. The Hall–Kier alpha value is -1.72. The molecule has 22 heavy (non-hydrogen) atoms. The molecule has 2 aromatic rings. The monoisotopic (exact) mass is 301 g/mol. The van der Waals surface area contributed by atoms with Gasteiger partial charge < -0.3 is 9.26 Å². The second-order valence-corrected chi connectivity index (χ2v) is 5.82.